The highest BCUT2D eigenvalue weighted by Crippen LogP contribution is 2.46. The van der Waals surface area contributed by atoms with Gasteiger partial charge in [-0.15, -0.1) is 0 Å². The Bertz CT molecular complexity index is 1600. The normalized spacial score (nSPS) is 13.2. The lowest BCUT2D eigenvalue weighted by Gasteiger charge is -2.10. The van der Waals surface area contributed by atoms with Gasteiger partial charge >= 0.3 is 5.97 Å². The minimum Gasteiger partial charge on any atom is -0.489 e. The number of aromatic amines is 1. The molecule has 0 bridgehead atoms. The molecular weight excluding hydrogens is 511 g/mol. The maximum atomic E-state index is 11.8. The highest BCUT2D eigenvalue weighted by Gasteiger charge is 2.33. The smallest absolute Gasteiger partial charge is 0.337 e. The zero-order chi connectivity index (χ0) is 25.5. The van der Waals surface area contributed by atoms with Gasteiger partial charge < -0.3 is 19.0 Å². The first-order valence-electron chi connectivity index (χ1n) is 11.9. The minimum absolute atomic E-state index is 0.287. The average Bonchev–Trinajstić information content (AvgIpc) is 3.54. The van der Waals surface area contributed by atoms with Gasteiger partial charge in [0, 0.05) is 34.1 Å². The van der Waals surface area contributed by atoms with Gasteiger partial charge in [0.2, 0.25) is 0 Å². The van der Waals surface area contributed by atoms with Gasteiger partial charge in [-0.3, -0.25) is 0 Å². The fraction of sp³-hybridized carbons (Fsp3) is 0.172. The maximum Gasteiger partial charge on any atom is 0.337 e. The Morgan fingerprint density at radius 3 is 2.54 bits per heavy atom. The molecule has 6 rings (SSSR count). The number of nitrogens with zero attached hydrogens (tertiary/aromatic N) is 1. The SMILES string of the molecule is COC(=O)c1ccc2c(-c3ccc(OCc4c(-c5c(Cl)cccc5Cl)noc4C4CC4)cc3)c[nH]c2c1. The van der Waals surface area contributed by atoms with Crippen LogP contribution in [0.3, 0.4) is 0 Å². The molecule has 2 aromatic heterocycles. The molecule has 1 aliphatic carbocycles. The Kier molecular flexibility index (Phi) is 6.14. The first kappa shape index (κ1) is 23.6. The van der Waals surface area contributed by atoms with E-state index in [-0.39, 0.29) is 12.6 Å². The number of fused-ring (bicyclic) bond motifs is 1. The van der Waals surface area contributed by atoms with Gasteiger partial charge in [-0.2, -0.15) is 0 Å². The van der Waals surface area contributed by atoms with E-state index in [1.165, 1.54) is 7.11 Å². The number of carbonyl (C=O) groups is 1. The minimum atomic E-state index is -0.364. The summed E-state index contributed by atoms with van der Waals surface area (Å²) in [5.74, 6) is 1.55. The molecule has 3 aromatic carbocycles. The number of hydrogen-bond acceptors (Lipinski definition) is 5. The van der Waals surface area contributed by atoms with Crippen molar-refractivity contribution in [2.45, 2.75) is 25.4 Å². The molecule has 0 radical (unpaired) electrons. The van der Waals surface area contributed by atoms with Crippen molar-refractivity contribution in [1.29, 1.82) is 0 Å². The average molecular weight is 533 g/mol. The highest BCUT2D eigenvalue weighted by atomic mass is 35.5. The summed E-state index contributed by atoms with van der Waals surface area (Å²) in [6.45, 7) is 0.287. The van der Waals surface area contributed by atoms with Crippen molar-refractivity contribution in [1.82, 2.24) is 10.1 Å². The lowest BCUT2D eigenvalue weighted by atomic mass is 10.0. The Hall–Kier alpha value is -3.74. The third kappa shape index (κ3) is 4.47. The van der Waals surface area contributed by atoms with Crippen LogP contribution in [0.15, 0.2) is 71.4 Å². The van der Waals surface area contributed by atoms with Gasteiger partial charge in [0.15, 0.2) is 0 Å². The van der Waals surface area contributed by atoms with Crippen molar-refractivity contribution in [2.75, 3.05) is 7.11 Å². The van der Waals surface area contributed by atoms with E-state index < -0.39 is 0 Å². The summed E-state index contributed by atoms with van der Waals surface area (Å²) >= 11 is 12.9. The van der Waals surface area contributed by atoms with Crippen LogP contribution < -0.4 is 4.74 Å². The van der Waals surface area contributed by atoms with Gasteiger partial charge in [0.1, 0.15) is 23.8 Å². The molecule has 37 heavy (non-hydrogen) atoms. The zero-order valence-electron chi connectivity index (χ0n) is 19.9. The van der Waals surface area contributed by atoms with Crippen molar-refractivity contribution in [3.05, 3.63) is 93.8 Å². The van der Waals surface area contributed by atoms with Crippen molar-refractivity contribution in [3.63, 3.8) is 0 Å². The molecule has 1 N–H and O–H groups in total. The predicted molar refractivity (Wildman–Crippen MR) is 143 cm³/mol. The van der Waals surface area contributed by atoms with Gasteiger partial charge in [-0.05, 0) is 54.8 Å². The number of methoxy groups -OCH3 is 1. The molecular formula is C29H22Cl2N2O4. The second kappa shape index (κ2) is 9.61. The van der Waals surface area contributed by atoms with E-state index in [0.717, 1.165) is 51.9 Å². The Labute approximate surface area is 223 Å². The summed E-state index contributed by atoms with van der Waals surface area (Å²) in [5.41, 5.74) is 5.58. The largest absolute Gasteiger partial charge is 0.489 e. The van der Waals surface area contributed by atoms with Crippen molar-refractivity contribution in [2.24, 2.45) is 0 Å². The number of hydrogen-bond donors (Lipinski definition) is 1. The molecule has 0 spiro atoms. The van der Waals surface area contributed by atoms with Crippen molar-refractivity contribution < 1.29 is 18.8 Å². The van der Waals surface area contributed by atoms with E-state index in [1.807, 2.05) is 36.5 Å². The molecule has 0 unspecified atom stereocenters. The molecule has 186 valence electrons. The lowest BCUT2D eigenvalue weighted by molar-refractivity contribution is 0.0601. The Balaban J connectivity index is 1.25. The molecule has 1 aliphatic rings. The zero-order valence-corrected chi connectivity index (χ0v) is 21.4. The topological polar surface area (TPSA) is 77.3 Å². The Morgan fingerprint density at radius 2 is 1.84 bits per heavy atom. The van der Waals surface area contributed by atoms with Crippen LogP contribution >= 0.6 is 23.2 Å². The van der Waals surface area contributed by atoms with Crippen molar-refractivity contribution >= 4 is 40.1 Å². The van der Waals surface area contributed by atoms with E-state index in [4.69, 9.17) is 37.2 Å². The fourth-order valence-corrected chi connectivity index (χ4v) is 5.12. The van der Waals surface area contributed by atoms with Crippen LogP contribution in [0.25, 0.3) is 33.3 Å². The van der Waals surface area contributed by atoms with Gasteiger partial charge in [-0.25, -0.2) is 4.79 Å². The third-order valence-electron chi connectivity index (χ3n) is 6.62. The number of aromatic nitrogens is 2. The summed E-state index contributed by atoms with van der Waals surface area (Å²) in [5, 5.41) is 6.38. The van der Waals surface area contributed by atoms with E-state index in [2.05, 4.69) is 10.1 Å². The molecule has 1 fully saturated rings. The maximum absolute atomic E-state index is 11.8. The van der Waals surface area contributed by atoms with Crippen LogP contribution in [-0.4, -0.2) is 23.2 Å². The highest BCUT2D eigenvalue weighted by molar-refractivity contribution is 6.39. The molecule has 0 amide bonds. The van der Waals surface area contributed by atoms with Crippen LogP contribution in [0, 0.1) is 0 Å². The predicted octanol–water partition coefficient (Wildman–Crippen LogP) is 8.04. The number of carbonyl (C=O) groups excluding carboxylic acids is 1. The summed E-state index contributed by atoms with van der Waals surface area (Å²) < 4.78 is 16.7. The second-order valence-corrected chi connectivity index (χ2v) is 9.83. The van der Waals surface area contributed by atoms with Crippen LogP contribution in [-0.2, 0) is 11.3 Å². The first-order chi connectivity index (χ1) is 18.0. The molecule has 0 aliphatic heterocycles. The molecule has 0 saturated heterocycles. The molecule has 5 aromatic rings. The van der Waals surface area contributed by atoms with Gasteiger partial charge in [0.05, 0.1) is 28.3 Å². The third-order valence-corrected chi connectivity index (χ3v) is 7.25. The second-order valence-electron chi connectivity index (χ2n) is 9.01. The number of nitrogens with one attached hydrogen (secondary N) is 1. The summed E-state index contributed by atoms with van der Waals surface area (Å²) in [6.07, 6.45) is 4.07. The first-order valence-corrected chi connectivity index (χ1v) is 12.6. The van der Waals surface area contributed by atoms with Gasteiger partial charge in [0.25, 0.3) is 0 Å². The van der Waals surface area contributed by atoms with E-state index in [0.29, 0.717) is 32.8 Å². The number of halogens is 2. The number of esters is 1. The quantitative estimate of drug-likeness (QED) is 0.214. The lowest BCUT2D eigenvalue weighted by Crippen LogP contribution is -2.00. The van der Waals surface area contributed by atoms with Crippen LogP contribution in [0.1, 0.15) is 40.4 Å². The van der Waals surface area contributed by atoms with Crippen LogP contribution in [0.5, 0.6) is 5.75 Å². The van der Waals surface area contributed by atoms with E-state index >= 15 is 0 Å². The van der Waals surface area contributed by atoms with Gasteiger partial charge in [-0.1, -0.05) is 52.6 Å². The van der Waals surface area contributed by atoms with E-state index in [9.17, 15) is 4.79 Å². The Morgan fingerprint density at radius 1 is 1.08 bits per heavy atom. The number of H-pyrrole nitrogens is 1. The molecule has 8 heteroatoms. The summed E-state index contributed by atoms with van der Waals surface area (Å²) in [6, 6.07) is 18.7. The fourth-order valence-electron chi connectivity index (χ4n) is 4.54. The number of benzene rings is 3. The molecule has 0 atom stereocenters. The molecule has 6 nitrogen and oxygen atoms in total. The molecule has 1 saturated carbocycles. The van der Waals surface area contributed by atoms with Crippen molar-refractivity contribution in [3.8, 4) is 28.1 Å². The summed E-state index contributed by atoms with van der Waals surface area (Å²) in [4.78, 5) is 15.1. The standard InChI is InChI=1S/C29H22Cl2N2O4/c1-35-29(34)18-9-12-20-21(14-32-25(20)13-18)16-7-10-19(11-8-16)36-15-22-27(33-37-28(22)17-5-6-17)26-23(30)3-2-4-24(26)31/h2-4,7-14,17,32H,5-6,15H2,1H3. The molecule has 2 heterocycles. The van der Waals surface area contributed by atoms with E-state index in [1.54, 1.807) is 30.3 Å². The van der Waals surface area contributed by atoms with Crippen LogP contribution in [0.2, 0.25) is 10.0 Å². The number of rotatable bonds is 7. The number of ether oxygens (including phenoxy) is 2. The summed E-state index contributed by atoms with van der Waals surface area (Å²) in [7, 11) is 1.37. The monoisotopic (exact) mass is 532 g/mol. The van der Waals surface area contributed by atoms with Crippen LogP contribution in [0.4, 0.5) is 0 Å².